The summed E-state index contributed by atoms with van der Waals surface area (Å²) in [7, 11) is 0. The van der Waals surface area contributed by atoms with Crippen molar-refractivity contribution in [2.75, 3.05) is 18.4 Å². The van der Waals surface area contributed by atoms with Crippen molar-refractivity contribution in [2.24, 2.45) is 10.7 Å². The van der Waals surface area contributed by atoms with Gasteiger partial charge in [-0.05, 0) is 118 Å². The molecule has 44 heavy (non-hydrogen) atoms. The molecule has 4 rings (SSSR count). The molecule has 0 spiro atoms. The van der Waals surface area contributed by atoms with Gasteiger partial charge in [-0.2, -0.15) is 13.2 Å². The van der Waals surface area contributed by atoms with E-state index in [-0.39, 0.29) is 17.7 Å². The molecule has 1 aliphatic heterocycles. The number of carbonyl (C=O) groups is 1. The summed E-state index contributed by atoms with van der Waals surface area (Å²) in [6, 6.07) is 14.9. The standard InChI is InChI=1S/C31H30F3N3O.C4H8N2/c1-4-35-29-17-23(9-7-22(29)3)10-11-24-18-27(14-8-21(24)2)36-30(38)25-12-13-26(20-37-15-5-6-16-37)28(19-25)31(32,33)34;1-4(2-5)3-6/h4,7-9,12-14,17-19H,5-6,15-16,20H2,1-3H3,(H,36,38);2-3,5H,6H2,1H3/b;4-3-,5-2?. The summed E-state index contributed by atoms with van der Waals surface area (Å²) in [6.45, 7) is 9.32. The van der Waals surface area contributed by atoms with E-state index in [1.165, 1.54) is 24.5 Å². The summed E-state index contributed by atoms with van der Waals surface area (Å²) >= 11 is 0. The maximum Gasteiger partial charge on any atom is 0.416 e. The van der Waals surface area contributed by atoms with E-state index in [0.29, 0.717) is 11.3 Å². The molecule has 0 aliphatic carbocycles. The molecule has 3 aromatic rings. The smallest absolute Gasteiger partial charge is 0.404 e. The molecule has 6 nitrogen and oxygen atoms in total. The third-order valence-electron chi connectivity index (χ3n) is 7.07. The van der Waals surface area contributed by atoms with Crippen LogP contribution in [0.5, 0.6) is 0 Å². The predicted octanol–water partition coefficient (Wildman–Crippen LogP) is 7.79. The average molecular weight is 602 g/mol. The lowest BCUT2D eigenvalue weighted by atomic mass is 10.0. The number of likely N-dealkylation sites (tertiary alicyclic amines) is 1. The van der Waals surface area contributed by atoms with Gasteiger partial charge in [-0.3, -0.25) is 14.7 Å². The van der Waals surface area contributed by atoms with Crippen molar-refractivity contribution < 1.29 is 18.0 Å². The second-order valence-corrected chi connectivity index (χ2v) is 10.5. The number of amides is 1. The quantitative estimate of drug-likeness (QED) is 0.199. The molecule has 0 saturated carbocycles. The van der Waals surface area contributed by atoms with Gasteiger partial charge in [0, 0.05) is 41.4 Å². The molecule has 0 unspecified atom stereocenters. The second kappa shape index (κ2) is 15.7. The van der Waals surface area contributed by atoms with Crippen LogP contribution in [0.3, 0.4) is 0 Å². The molecular formula is C35H38F3N5O. The number of alkyl halides is 3. The highest BCUT2D eigenvalue weighted by atomic mass is 19.4. The Balaban J connectivity index is 0.000000801. The van der Waals surface area contributed by atoms with Gasteiger partial charge in [0.15, 0.2) is 0 Å². The molecule has 1 aliphatic rings. The molecule has 4 N–H and O–H groups in total. The zero-order valence-electron chi connectivity index (χ0n) is 25.5. The van der Waals surface area contributed by atoms with Crippen LogP contribution in [-0.4, -0.2) is 36.3 Å². The lowest BCUT2D eigenvalue weighted by Crippen LogP contribution is -2.22. The van der Waals surface area contributed by atoms with E-state index in [0.717, 1.165) is 59.9 Å². The van der Waals surface area contributed by atoms with E-state index in [4.69, 9.17) is 11.1 Å². The number of anilines is 1. The fraction of sp³-hybridized carbons (Fsp3) is 0.286. The Labute approximate surface area is 257 Å². The minimum atomic E-state index is -4.55. The van der Waals surface area contributed by atoms with Gasteiger partial charge in [0.05, 0.1) is 11.3 Å². The van der Waals surface area contributed by atoms with Crippen LogP contribution in [0.25, 0.3) is 0 Å². The van der Waals surface area contributed by atoms with Crippen molar-refractivity contribution in [1.29, 1.82) is 5.41 Å². The van der Waals surface area contributed by atoms with Crippen molar-refractivity contribution in [1.82, 2.24) is 4.90 Å². The number of carbonyl (C=O) groups excluding carboxylic acids is 1. The number of nitrogens with two attached hydrogens (primary N) is 1. The molecule has 1 heterocycles. The maximum absolute atomic E-state index is 13.8. The molecule has 1 fully saturated rings. The zero-order valence-corrected chi connectivity index (χ0v) is 25.5. The minimum absolute atomic E-state index is 0.0423. The predicted molar refractivity (Wildman–Crippen MR) is 173 cm³/mol. The molecular weight excluding hydrogens is 563 g/mol. The van der Waals surface area contributed by atoms with Gasteiger partial charge in [-0.1, -0.05) is 30.0 Å². The van der Waals surface area contributed by atoms with Crippen LogP contribution in [0.1, 0.15) is 70.4 Å². The highest BCUT2D eigenvalue weighted by Gasteiger charge is 2.34. The Kier molecular flexibility index (Phi) is 12.1. The third kappa shape index (κ3) is 9.68. The van der Waals surface area contributed by atoms with Crippen LogP contribution in [0.4, 0.5) is 24.5 Å². The Morgan fingerprint density at radius 2 is 1.75 bits per heavy atom. The molecule has 3 aromatic carbocycles. The molecule has 230 valence electrons. The van der Waals surface area contributed by atoms with Crippen LogP contribution in [0.15, 0.2) is 71.4 Å². The van der Waals surface area contributed by atoms with E-state index >= 15 is 0 Å². The first-order chi connectivity index (χ1) is 20.9. The molecule has 9 heteroatoms. The Hall–Kier alpha value is -4.68. The molecule has 0 atom stereocenters. The van der Waals surface area contributed by atoms with E-state index in [1.807, 2.05) is 49.9 Å². The summed E-state index contributed by atoms with van der Waals surface area (Å²) in [5.41, 5.74) is 9.92. The van der Waals surface area contributed by atoms with E-state index in [2.05, 4.69) is 22.2 Å². The molecule has 0 radical (unpaired) electrons. The topological polar surface area (TPSA) is 94.6 Å². The fourth-order valence-electron chi connectivity index (χ4n) is 4.49. The summed E-state index contributed by atoms with van der Waals surface area (Å²) in [5.74, 6) is 5.66. The number of benzene rings is 3. The molecule has 1 amide bonds. The zero-order chi connectivity index (χ0) is 32.3. The average Bonchev–Trinajstić information content (AvgIpc) is 3.51. The number of aryl methyl sites for hydroxylation is 2. The first-order valence-corrected chi connectivity index (χ1v) is 14.3. The summed E-state index contributed by atoms with van der Waals surface area (Å²) < 4.78 is 41.5. The van der Waals surface area contributed by atoms with Crippen LogP contribution in [0.2, 0.25) is 0 Å². The number of rotatable bonds is 6. The number of allylic oxidation sites excluding steroid dienone is 1. The van der Waals surface area contributed by atoms with Crippen LogP contribution < -0.4 is 11.1 Å². The van der Waals surface area contributed by atoms with Gasteiger partial charge in [-0.25, -0.2) is 0 Å². The maximum atomic E-state index is 13.8. The van der Waals surface area contributed by atoms with Gasteiger partial charge in [0.1, 0.15) is 0 Å². The van der Waals surface area contributed by atoms with Crippen molar-refractivity contribution in [3.63, 3.8) is 0 Å². The molecule has 1 saturated heterocycles. The summed E-state index contributed by atoms with van der Waals surface area (Å²) in [4.78, 5) is 19.3. The number of aliphatic imine (C=N–C) groups is 1. The van der Waals surface area contributed by atoms with Gasteiger partial charge in [-0.15, -0.1) is 0 Å². The summed E-state index contributed by atoms with van der Waals surface area (Å²) in [6.07, 6.45) is 1.77. The number of hydrogen-bond acceptors (Lipinski definition) is 5. The van der Waals surface area contributed by atoms with E-state index in [9.17, 15) is 18.0 Å². The Morgan fingerprint density at radius 1 is 1.05 bits per heavy atom. The fourth-order valence-corrected chi connectivity index (χ4v) is 4.49. The lowest BCUT2D eigenvalue weighted by Gasteiger charge is -2.19. The van der Waals surface area contributed by atoms with Crippen LogP contribution >= 0.6 is 0 Å². The molecule has 0 bridgehead atoms. The van der Waals surface area contributed by atoms with Crippen molar-refractivity contribution in [3.8, 4) is 11.8 Å². The van der Waals surface area contributed by atoms with E-state index in [1.54, 1.807) is 25.3 Å². The second-order valence-electron chi connectivity index (χ2n) is 10.5. The number of nitrogens with one attached hydrogen (secondary N) is 2. The van der Waals surface area contributed by atoms with Gasteiger partial charge < -0.3 is 16.5 Å². The number of hydrogen-bond donors (Lipinski definition) is 3. The monoisotopic (exact) mass is 601 g/mol. The highest BCUT2D eigenvalue weighted by molar-refractivity contribution is 6.04. The Morgan fingerprint density at radius 3 is 2.36 bits per heavy atom. The largest absolute Gasteiger partial charge is 0.416 e. The van der Waals surface area contributed by atoms with E-state index < -0.39 is 17.6 Å². The minimum Gasteiger partial charge on any atom is -0.404 e. The SMILES string of the molecule is C/C(C=N)=C/N.CC=Nc1cc(C#Cc2cc(NC(=O)c3ccc(CN4CCCC4)c(C(F)(F)F)c3)ccc2C)ccc1C. The van der Waals surface area contributed by atoms with Crippen molar-refractivity contribution >= 4 is 29.7 Å². The summed E-state index contributed by atoms with van der Waals surface area (Å²) in [5, 5.41) is 9.26. The Bertz CT molecular complexity index is 1610. The van der Waals surface area contributed by atoms with Gasteiger partial charge >= 0.3 is 6.18 Å². The van der Waals surface area contributed by atoms with Crippen molar-refractivity contribution in [3.05, 3.63) is 105 Å². The third-order valence-corrected chi connectivity index (χ3v) is 7.07. The van der Waals surface area contributed by atoms with Crippen molar-refractivity contribution in [2.45, 2.75) is 53.3 Å². The van der Waals surface area contributed by atoms with Crippen LogP contribution in [-0.2, 0) is 12.7 Å². The number of nitrogens with zero attached hydrogens (tertiary/aromatic N) is 2. The first-order valence-electron chi connectivity index (χ1n) is 14.3. The first kappa shape index (κ1) is 33.8. The van der Waals surface area contributed by atoms with Gasteiger partial charge in [0.25, 0.3) is 5.91 Å². The molecule has 0 aromatic heterocycles. The number of halogens is 3. The highest BCUT2D eigenvalue weighted by Crippen LogP contribution is 2.34. The lowest BCUT2D eigenvalue weighted by molar-refractivity contribution is -0.138. The van der Waals surface area contributed by atoms with Gasteiger partial charge in [0.2, 0.25) is 0 Å². The normalized spacial score (nSPS) is 13.6. The van der Waals surface area contributed by atoms with Crippen LogP contribution in [0, 0.1) is 31.1 Å².